The standard InChI is InChI=1S/C22H23BrN2O5/c1-29-17-8-5-15(6-9-17)14-25-20(26)18-10-7-16(21(27)30-2)13-19(18)24(22(25)28)12-4-3-11-23/h5-10,13H,3-4,11-12,14H2,1-2H3. The van der Waals surface area contributed by atoms with Crippen LogP contribution in [0.4, 0.5) is 0 Å². The molecule has 0 amide bonds. The minimum absolute atomic E-state index is 0.148. The molecule has 0 spiro atoms. The van der Waals surface area contributed by atoms with Crippen LogP contribution in [0.3, 0.4) is 0 Å². The molecule has 0 atom stereocenters. The number of aryl methyl sites for hydroxylation is 1. The normalized spacial score (nSPS) is 10.9. The third kappa shape index (κ3) is 4.48. The van der Waals surface area contributed by atoms with Gasteiger partial charge in [0, 0.05) is 11.9 Å². The Kier molecular flexibility index (Phi) is 7.10. The van der Waals surface area contributed by atoms with Crippen LogP contribution in [-0.2, 0) is 17.8 Å². The summed E-state index contributed by atoms with van der Waals surface area (Å²) in [5.41, 5.74) is 0.755. The zero-order chi connectivity index (χ0) is 21.7. The minimum atomic E-state index is -0.515. The van der Waals surface area contributed by atoms with Gasteiger partial charge in [0.15, 0.2) is 0 Å². The molecular weight excluding hydrogens is 452 g/mol. The van der Waals surface area contributed by atoms with Crippen molar-refractivity contribution in [2.45, 2.75) is 25.9 Å². The lowest BCUT2D eigenvalue weighted by atomic mass is 10.1. The second-order valence-corrected chi connectivity index (χ2v) is 7.59. The van der Waals surface area contributed by atoms with Gasteiger partial charge < -0.3 is 9.47 Å². The Morgan fingerprint density at radius 3 is 2.37 bits per heavy atom. The van der Waals surface area contributed by atoms with Crippen molar-refractivity contribution in [2.75, 3.05) is 19.5 Å². The van der Waals surface area contributed by atoms with Gasteiger partial charge in [-0.15, -0.1) is 0 Å². The number of halogens is 1. The zero-order valence-corrected chi connectivity index (χ0v) is 18.5. The summed E-state index contributed by atoms with van der Waals surface area (Å²) in [5, 5.41) is 1.20. The van der Waals surface area contributed by atoms with E-state index in [1.807, 2.05) is 12.1 Å². The summed E-state index contributed by atoms with van der Waals surface area (Å²) in [4.78, 5) is 38.3. The number of fused-ring (bicyclic) bond motifs is 1. The van der Waals surface area contributed by atoms with E-state index in [4.69, 9.17) is 9.47 Å². The SMILES string of the molecule is COC(=O)c1ccc2c(=O)n(Cc3ccc(OC)cc3)c(=O)n(CCCCBr)c2c1. The number of rotatable bonds is 8. The number of unbranched alkanes of at least 4 members (excludes halogenated alkanes) is 1. The van der Waals surface area contributed by atoms with Crippen LogP contribution in [0, 0.1) is 0 Å². The first kappa shape index (κ1) is 21.8. The predicted molar refractivity (Wildman–Crippen MR) is 119 cm³/mol. The van der Waals surface area contributed by atoms with Crippen LogP contribution in [0.5, 0.6) is 5.75 Å². The first-order valence-electron chi connectivity index (χ1n) is 9.54. The minimum Gasteiger partial charge on any atom is -0.497 e. The Bertz CT molecular complexity index is 1170. The van der Waals surface area contributed by atoms with Gasteiger partial charge in [-0.2, -0.15) is 0 Å². The lowest BCUT2D eigenvalue weighted by Gasteiger charge is -2.15. The Morgan fingerprint density at radius 1 is 1.00 bits per heavy atom. The number of benzene rings is 2. The van der Waals surface area contributed by atoms with E-state index in [9.17, 15) is 14.4 Å². The maximum absolute atomic E-state index is 13.2. The highest BCUT2D eigenvalue weighted by Gasteiger charge is 2.16. The monoisotopic (exact) mass is 474 g/mol. The first-order valence-corrected chi connectivity index (χ1v) is 10.7. The van der Waals surface area contributed by atoms with E-state index in [2.05, 4.69) is 15.9 Å². The van der Waals surface area contributed by atoms with Gasteiger partial charge in [0.05, 0.1) is 37.2 Å². The molecule has 0 unspecified atom stereocenters. The lowest BCUT2D eigenvalue weighted by Crippen LogP contribution is -2.40. The Labute approximate surface area is 182 Å². The van der Waals surface area contributed by atoms with Crippen LogP contribution in [0.1, 0.15) is 28.8 Å². The van der Waals surface area contributed by atoms with Crippen LogP contribution in [0.2, 0.25) is 0 Å². The summed E-state index contributed by atoms with van der Waals surface area (Å²) in [6.07, 6.45) is 1.63. The molecule has 158 valence electrons. The average molecular weight is 475 g/mol. The highest BCUT2D eigenvalue weighted by molar-refractivity contribution is 9.09. The van der Waals surface area contributed by atoms with E-state index >= 15 is 0 Å². The topological polar surface area (TPSA) is 79.5 Å². The van der Waals surface area contributed by atoms with Crippen LogP contribution >= 0.6 is 15.9 Å². The maximum Gasteiger partial charge on any atom is 0.337 e. The second kappa shape index (κ2) is 9.75. The fourth-order valence-electron chi connectivity index (χ4n) is 3.30. The molecule has 0 saturated carbocycles. The lowest BCUT2D eigenvalue weighted by molar-refractivity contribution is 0.0601. The van der Waals surface area contributed by atoms with Crippen LogP contribution in [0.25, 0.3) is 10.9 Å². The fraction of sp³-hybridized carbons (Fsp3) is 0.318. The maximum atomic E-state index is 13.2. The fourth-order valence-corrected chi connectivity index (χ4v) is 3.69. The molecule has 0 N–H and O–H groups in total. The largest absolute Gasteiger partial charge is 0.497 e. The second-order valence-electron chi connectivity index (χ2n) is 6.79. The summed E-state index contributed by atoms with van der Waals surface area (Å²) < 4.78 is 12.7. The molecule has 30 heavy (non-hydrogen) atoms. The van der Waals surface area contributed by atoms with Crippen molar-refractivity contribution in [3.05, 3.63) is 74.4 Å². The highest BCUT2D eigenvalue weighted by Crippen LogP contribution is 2.15. The summed E-state index contributed by atoms with van der Waals surface area (Å²) in [7, 11) is 2.87. The number of methoxy groups -OCH3 is 2. The van der Waals surface area contributed by atoms with E-state index in [-0.39, 0.29) is 12.1 Å². The smallest absolute Gasteiger partial charge is 0.337 e. The number of ether oxygens (including phenoxy) is 2. The van der Waals surface area contributed by atoms with E-state index in [0.29, 0.717) is 28.8 Å². The van der Waals surface area contributed by atoms with Crippen LogP contribution in [-0.4, -0.2) is 34.7 Å². The first-order chi connectivity index (χ1) is 14.5. The van der Waals surface area contributed by atoms with Gasteiger partial charge in [0.1, 0.15) is 5.75 Å². The number of alkyl halides is 1. The Hall–Kier alpha value is -2.87. The molecule has 1 aromatic heterocycles. The van der Waals surface area contributed by atoms with Gasteiger partial charge in [-0.25, -0.2) is 9.59 Å². The Morgan fingerprint density at radius 2 is 1.73 bits per heavy atom. The molecule has 0 radical (unpaired) electrons. The summed E-state index contributed by atoms with van der Waals surface area (Å²) in [6.45, 7) is 0.587. The molecule has 8 heteroatoms. The summed E-state index contributed by atoms with van der Waals surface area (Å²) >= 11 is 3.40. The number of carbonyl (C=O) groups excluding carboxylic acids is 1. The molecule has 0 fully saturated rings. The molecule has 3 aromatic rings. The molecule has 0 aliphatic rings. The highest BCUT2D eigenvalue weighted by atomic mass is 79.9. The van der Waals surface area contributed by atoms with Gasteiger partial charge in [-0.1, -0.05) is 28.1 Å². The predicted octanol–water partition coefficient (Wildman–Crippen LogP) is 3.18. The van der Waals surface area contributed by atoms with Crippen molar-refractivity contribution < 1.29 is 14.3 Å². The number of nitrogens with zero attached hydrogens (tertiary/aromatic N) is 2. The molecule has 7 nitrogen and oxygen atoms in total. The van der Waals surface area contributed by atoms with Crippen molar-refractivity contribution in [3.63, 3.8) is 0 Å². The third-order valence-corrected chi connectivity index (χ3v) is 5.47. The molecule has 2 aromatic carbocycles. The summed E-state index contributed by atoms with van der Waals surface area (Å²) in [6, 6.07) is 11.9. The van der Waals surface area contributed by atoms with E-state index in [0.717, 1.165) is 23.7 Å². The molecule has 0 aliphatic heterocycles. The van der Waals surface area contributed by atoms with Crippen LogP contribution in [0.15, 0.2) is 52.1 Å². The molecule has 0 bridgehead atoms. The molecule has 1 heterocycles. The number of hydrogen-bond donors (Lipinski definition) is 0. The van der Waals surface area contributed by atoms with Gasteiger partial charge in [-0.05, 0) is 48.7 Å². The molecule has 3 rings (SSSR count). The van der Waals surface area contributed by atoms with Crippen molar-refractivity contribution in [3.8, 4) is 5.75 Å². The summed E-state index contributed by atoms with van der Waals surface area (Å²) in [5.74, 6) is 0.186. The van der Waals surface area contributed by atoms with Gasteiger partial charge >= 0.3 is 11.7 Å². The molecule has 0 aliphatic carbocycles. The van der Waals surface area contributed by atoms with Crippen molar-refractivity contribution >= 4 is 32.8 Å². The van der Waals surface area contributed by atoms with Crippen molar-refractivity contribution in [1.82, 2.24) is 9.13 Å². The number of carbonyl (C=O) groups is 1. The van der Waals surface area contributed by atoms with E-state index < -0.39 is 11.7 Å². The van der Waals surface area contributed by atoms with E-state index in [1.165, 1.54) is 11.7 Å². The third-order valence-electron chi connectivity index (χ3n) is 4.91. The zero-order valence-electron chi connectivity index (χ0n) is 16.9. The van der Waals surface area contributed by atoms with Crippen molar-refractivity contribution in [2.24, 2.45) is 0 Å². The molecule has 0 saturated heterocycles. The number of hydrogen-bond acceptors (Lipinski definition) is 5. The number of aromatic nitrogens is 2. The number of esters is 1. The van der Waals surface area contributed by atoms with E-state index in [1.54, 1.807) is 42.0 Å². The average Bonchev–Trinajstić information content (AvgIpc) is 2.78. The van der Waals surface area contributed by atoms with Crippen molar-refractivity contribution in [1.29, 1.82) is 0 Å². The van der Waals surface area contributed by atoms with Crippen LogP contribution < -0.4 is 16.0 Å². The quantitative estimate of drug-likeness (QED) is 0.284. The molecular formula is C22H23BrN2O5. The van der Waals surface area contributed by atoms with Gasteiger partial charge in [-0.3, -0.25) is 13.9 Å². The van der Waals surface area contributed by atoms with Gasteiger partial charge in [0.2, 0.25) is 0 Å². The Balaban J connectivity index is 2.15. The van der Waals surface area contributed by atoms with Gasteiger partial charge in [0.25, 0.3) is 5.56 Å².